The third-order valence-electron chi connectivity index (χ3n) is 5.72. The fourth-order valence-electron chi connectivity index (χ4n) is 4.47. The lowest BCUT2D eigenvalue weighted by Crippen LogP contribution is -2.68. The van der Waals surface area contributed by atoms with E-state index in [4.69, 9.17) is 4.98 Å². The first-order valence-electron chi connectivity index (χ1n) is 9.29. The first-order valence-corrected chi connectivity index (χ1v) is 11.3. The van der Waals surface area contributed by atoms with Crippen LogP contribution in [0.25, 0.3) is 16.7 Å². The average molecular weight is 461 g/mol. The molecule has 3 aliphatic heterocycles. The highest BCUT2D eigenvalue weighted by Gasteiger charge is 2.45. The molecule has 9 heteroatoms. The number of rotatable bonds is 3. The Kier molecular flexibility index (Phi) is 4.29. The molecular weight excluding hydrogens is 440 g/mol. The van der Waals surface area contributed by atoms with Gasteiger partial charge in [0.1, 0.15) is 5.39 Å². The molecule has 5 heterocycles. The van der Waals surface area contributed by atoms with Gasteiger partial charge < -0.3 is 4.90 Å². The lowest BCUT2D eigenvalue weighted by molar-refractivity contribution is 0.192. The Balaban J connectivity index is 1.56. The number of benzene rings is 1. The van der Waals surface area contributed by atoms with Crippen molar-refractivity contribution < 1.29 is 0 Å². The number of aromatic nitrogens is 4. The average Bonchev–Trinajstić information content (AvgIpc) is 3.05. The summed E-state index contributed by atoms with van der Waals surface area (Å²) in [6, 6.07) is 4.92. The number of halogens is 1. The molecule has 3 fully saturated rings. The van der Waals surface area contributed by atoms with Crippen molar-refractivity contribution in [2.75, 3.05) is 24.2 Å². The van der Waals surface area contributed by atoms with Gasteiger partial charge in [-0.25, -0.2) is 8.99 Å². The predicted octanol–water partition coefficient (Wildman–Crippen LogP) is 3.03. The minimum absolute atomic E-state index is 0.134. The zero-order valence-electron chi connectivity index (χ0n) is 15.9. The van der Waals surface area contributed by atoms with Crippen molar-refractivity contribution in [1.82, 2.24) is 24.1 Å². The molecule has 3 saturated heterocycles. The lowest BCUT2D eigenvalue weighted by Gasteiger charge is -2.55. The summed E-state index contributed by atoms with van der Waals surface area (Å²) in [4.78, 5) is 22.7. The fraction of sp³-hybridized carbons (Fsp3) is 0.421. The highest BCUT2D eigenvalue weighted by molar-refractivity contribution is 9.10. The predicted molar refractivity (Wildman–Crippen MR) is 116 cm³/mol. The van der Waals surface area contributed by atoms with Crippen molar-refractivity contribution in [3.05, 3.63) is 44.3 Å². The van der Waals surface area contributed by atoms with E-state index in [0.717, 1.165) is 40.8 Å². The van der Waals surface area contributed by atoms with Crippen LogP contribution >= 0.6 is 27.9 Å². The van der Waals surface area contributed by atoms with Gasteiger partial charge in [0.15, 0.2) is 5.65 Å². The SMILES string of the molecule is CSN1CC2CC(C1)N2c1nc2nn(-c3c(C)cc(Br)cc3C)cc2c(=O)[nH]1. The summed E-state index contributed by atoms with van der Waals surface area (Å²) in [5.41, 5.74) is 3.52. The Morgan fingerprint density at radius 3 is 2.54 bits per heavy atom. The molecule has 0 saturated carbocycles. The summed E-state index contributed by atoms with van der Waals surface area (Å²) in [6.07, 6.45) is 5.05. The number of aryl methyl sites for hydroxylation is 2. The number of nitrogens with one attached hydrogen (secondary N) is 1. The molecule has 3 aromatic rings. The fourth-order valence-corrected chi connectivity index (χ4v) is 5.80. The van der Waals surface area contributed by atoms with Crippen molar-refractivity contribution in [2.45, 2.75) is 32.4 Å². The van der Waals surface area contributed by atoms with Crippen LogP contribution in [0.15, 0.2) is 27.6 Å². The van der Waals surface area contributed by atoms with Gasteiger partial charge in [-0.15, -0.1) is 5.10 Å². The molecule has 0 aliphatic carbocycles. The van der Waals surface area contributed by atoms with Gasteiger partial charge in [-0.1, -0.05) is 27.9 Å². The summed E-state index contributed by atoms with van der Waals surface area (Å²) in [7, 11) is 0. The zero-order valence-corrected chi connectivity index (χ0v) is 18.3. The minimum atomic E-state index is -0.134. The summed E-state index contributed by atoms with van der Waals surface area (Å²) in [5.74, 6) is 0.647. The molecule has 1 N–H and O–H groups in total. The Labute approximate surface area is 175 Å². The van der Waals surface area contributed by atoms with Crippen LogP contribution in [0.2, 0.25) is 0 Å². The van der Waals surface area contributed by atoms with E-state index in [2.05, 4.69) is 53.6 Å². The number of fused-ring (bicyclic) bond motifs is 3. The molecule has 6 rings (SSSR count). The van der Waals surface area contributed by atoms with Crippen molar-refractivity contribution in [3.63, 3.8) is 0 Å². The second kappa shape index (κ2) is 6.60. The van der Waals surface area contributed by atoms with Crippen molar-refractivity contribution in [2.24, 2.45) is 0 Å². The van der Waals surface area contributed by atoms with E-state index in [1.54, 1.807) is 22.8 Å². The monoisotopic (exact) mass is 460 g/mol. The third-order valence-corrected chi connectivity index (χ3v) is 7.00. The maximum Gasteiger partial charge on any atom is 0.263 e. The van der Waals surface area contributed by atoms with Crippen LogP contribution < -0.4 is 10.5 Å². The summed E-state index contributed by atoms with van der Waals surface area (Å²) < 4.78 is 5.18. The maximum atomic E-state index is 12.8. The van der Waals surface area contributed by atoms with Gasteiger partial charge in [0, 0.05) is 35.8 Å². The number of nitrogens with zero attached hydrogens (tertiary/aromatic N) is 5. The Morgan fingerprint density at radius 2 is 1.89 bits per heavy atom. The molecule has 0 amide bonds. The molecule has 3 aliphatic rings. The number of piperazine rings is 1. The normalized spacial score (nSPS) is 21.9. The van der Waals surface area contributed by atoms with Crippen LogP contribution in [0.5, 0.6) is 0 Å². The third kappa shape index (κ3) is 2.79. The van der Waals surface area contributed by atoms with E-state index >= 15 is 0 Å². The van der Waals surface area contributed by atoms with Crippen LogP contribution in [0.4, 0.5) is 5.95 Å². The van der Waals surface area contributed by atoms with Gasteiger partial charge in [0.25, 0.3) is 5.56 Å². The second-order valence-corrected chi connectivity index (χ2v) is 9.37. The van der Waals surface area contributed by atoms with Crippen LogP contribution in [0.3, 0.4) is 0 Å². The second-order valence-electron chi connectivity index (χ2n) is 7.57. The molecule has 1 aromatic carbocycles. The molecule has 0 radical (unpaired) electrons. The smallest absolute Gasteiger partial charge is 0.263 e. The number of hydrogen-bond donors (Lipinski definition) is 1. The van der Waals surface area contributed by atoms with E-state index in [1.165, 1.54) is 0 Å². The molecular formula is C19H21BrN6OS. The molecule has 2 atom stereocenters. The molecule has 2 aromatic heterocycles. The van der Waals surface area contributed by atoms with Crippen molar-refractivity contribution in [1.29, 1.82) is 0 Å². The molecule has 2 bridgehead atoms. The quantitative estimate of drug-likeness (QED) is 0.605. The van der Waals surface area contributed by atoms with E-state index in [1.807, 2.05) is 13.8 Å². The van der Waals surface area contributed by atoms with E-state index in [9.17, 15) is 4.79 Å². The van der Waals surface area contributed by atoms with Gasteiger partial charge in [-0.05, 0) is 49.8 Å². The number of aromatic amines is 1. The van der Waals surface area contributed by atoms with Gasteiger partial charge >= 0.3 is 0 Å². The van der Waals surface area contributed by atoms with Gasteiger partial charge in [-0.3, -0.25) is 9.78 Å². The number of piperidine rings is 1. The molecule has 146 valence electrons. The number of H-pyrrole nitrogens is 1. The van der Waals surface area contributed by atoms with Gasteiger partial charge in [-0.2, -0.15) is 4.98 Å². The Hall–Kier alpha value is -1.84. The Morgan fingerprint density at radius 1 is 1.21 bits per heavy atom. The van der Waals surface area contributed by atoms with Gasteiger partial charge in [0.05, 0.1) is 5.69 Å². The van der Waals surface area contributed by atoms with Crippen LogP contribution in [-0.4, -0.2) is 55.5 Å². The topological polar surface area (TPSA) is 70.1 Å². The highest BCUT2D eigenvalue weighted by atomic mass is 79.9. The largest absolute Gasteiger partial charge is 0.334 e. The minimum Gasteiger partial charge on any atom is -0.334 e. The summed E-state index contributed by atoms with van der Waals surface area (Å²) in [5, 5.41) is 5.17. The number of anilines is 1. The maximum absolute atomic E-state index is 12.8. The molecule has 28 heavy (non-hydrogen) atoms. The lowest BCUT2D eigenvalue weighted by atomic mass is 9.89. The van der Waals surface area contributed by atoms with Crippen LogP contribution in [0, 0.1) is 13.8 Å². The standard InChI is InChI=1S/C19H21BrN6OS/c1-10-4-12(20)5-11(2)16(10)25-9-15-17(23-25)21-19(22-18(15)27)26-13-6-14(26)8-24(7-13)28-3/h4-5,9,13-14H,6-8H2,1-3H3,(H,21,22,23,27). The van der Waals surface area contributed by atoms with Gasteiger partial charge in [0.2, 0.25) is 5.95 Å². The van der Waals surface area contributed by atoms with Crippen LogP contribution in [0.1, 0.15) is 17.5 Å². The van der Waals surface area contributed by atoms with E-state index < -0.39 is 0 Å². The molecule has 0 spiro atoms. The van der Waals surface area contributed by atoms with Crippen molar-refractivity contribution in [3.8, 4) is 5.69 Å². The van der Waals surface area contributed by atoms with Crippen molar-refractivity contribution >= 4 is 44.9 Å². The Bertz CT molecular complexity index is 1110. The highest BCUT2D eigenvalue weighted by Crippen LogP contribution is 2.37. The summed E-state index contributed by atoms with van der Waals surface area (Å²) >= 11 is 5.31. The van der Waals surface area contributed by atoms with Crippen LogP contribution in [-0.2, 0) is 0 Å². The zero-order chi connectivity index (χ0) is 19.6. The first-order chi connectivity index (χ1) is 13.4. The van der Waals surface area contributed by atoms with E-state index in [-0.39, 0.29) is 5.56 Å². The van der Waals surface area contributed by atoms with E-state index in [0.29, 0.717) is 29.1 Å². The molecule has 2 unspecified atom stereocenters. The number of hydrogen-bond acceptors (Lipinski definition) is 6. The first kappa shape index (κ1) is 18.2. The summed E-state index contributed by atoms with van der Waals surface area (Å²) in [6.45, 7) is 6.07. The molecule has 7 nitrogen and oxygen atoms in total.